The summed E-state index contributed by atoms with van der Waals surface area (Å²) in [6.07, 6.45) is 1.60. The molecule has 136 valence electrons. The molecule has 1 amide bonds. The Labute approximate surface area is 156 Å². The Bertz CT molecular complexity index is 1140. The van der Waals surface area contributed by atoms with Crippen molar-refractivity contribution in [1.82, 2.24) is 19.9 Å². The number of amides is 1. The largest absolute Gasteiger partial charge is 0.366 e. The van der Waals surface area contributed by atoms with Crippen molar-refractivity contribution in [3.63, 3.8) is 0 Å². The molecule has 0 atom stereocenters. The van der Waals surface area contributed by atoms with E-state index in [0.29, 0.717) is 16.0 Å². The number of hydrogen-bond acceptors (Lipinski definition) is 5. The second-order valence-electron chi connectivity index (χ2n) is 5.82. The molecule has 3 aromatic heterocycles. The highest BCUT2D eigenvalue weighted by molar-refractivity contribution is 7.12. The zero-order valence-electron chi connectivity index (χ0n) is 13.8. The Morgan fingerprint density at radius 1 is 1.19 bits per heavy atom. The molecule has 3 N–H and O–H groups in total. The summed E-state index contributed by atoms with van der Waals surface area (Å²) >= 11 is 1.24. The number of pyridine rings is 1. The summed E-state index contributed by atoms with van der Waals surface area (Å²) in [4.78, 5) is 16.6. The van der Waals surface area contributed by atoms with Crippen molar-refractivity contribution < 1.29 is 13.6 Å². The number of nitrogen functional groups attached to an aromatic ring is 1. The van der Waals surface area contributed by atoms with E-state index in [9.17, 15) is 13.6 Å². The summed E-state index contributed by atoms with van der Waals surface area (Å²) in [5.41, 5.74) is 7.57. The van der Waals surface area contributed by atoms with Gasteiger partial charge in [0, 0.05) is 18.3 Å². The molecule has 0 saturated heterocycles. The minimum atomic E-state index is -0.551. The number of nitrogens with two attached hydrogens (primary N) is 1. The third kappa shape index (κ3) is 3.49. The molecule has 4 rings (SSSR count). The van der Waals surface area contributed by atoms with Gasteiger partial charge in [0.2, 0.25) is 5.95 Å². The Morgan fingerprint density at radius 3 is 2.74 bits per heavy atom. The third-order valence-corrected chi connectivity index (χ3v) is 4.86. The molecule has 1 aromatic carbocycles. The van der Waals surface area contributed by atoms with Crippen molar-refractivity contribution in [2.45, 2.75) is 6.54 Å². The summed E-state index contributed by atoms with van der Waals surface area (Å²) in [5.74, 6) is -1.16. The van der Waals surface area contributed by atoms with Crippen LogP contribution in [0.4, 0.5) is 14.7 Å². The van der Waals surface area contributed by atoms with Crippen molar-refractivity contribution in [2.24, 2.45) is 0 Å². The Hall–Kier alpha value is -3.33. The second-order valence-corrected chi connectivity index (χ2v) is 6.73. The maximum atomic E-state index is 14.2. The number of thiophene rings is 1. The predicted octanol–water partition coefficient (Wildman–Crippen LogP) is 3.25. The van der Waals surface area contributed by atoms with Crippen LogP contribution in [0.15, 0.2) is 48.0 Å². The number of hydrogen-bond donors (Lipinski definition) is 2. The lowest BCUT2D eigenvalue weighted by atomic mass is 10.1. The molecule has 0 spiro atoms. The van der Waals surface area contributed by atoms with E-state index < -0.39 is 5.82 Å². The van der Waals surface area contributed by atoms with Crippen LogP contribution in [0, 0.1) is 11.6 Å². The lowest BCUT2D eigenvalue weighted by Gasteiger charge is -2.03. The summed E-state index contributed by atoms with van der Waals surface area (Å²) in [5, 5.41) is 8.44. The number of halogens is 2. The molecule has 6 nitrogen and oxygen atoms in total. The molecule has 0 aliphatic heterocycles. The number of anilines is 1. The van der Waals surface area contributed by atoms with Crippen LogP contribution in [0.2, 0.25) is 0 Å². The van der Waals surface area contributed by atoms with Crippen molar-refractivity contribution in [1.29, 1.82) is 0 Å². The van der Waals surface area contributed by atoms with Gasteiger partial charge in [-0.3, -0.25) is 4.79 Å². The van der Waals surface area contributed by atoms with E-state index >= 15 is 0 Å². The van der Waals surface area contributed by atoms with Gasteiger partial charge in [-0.1, -0.05) is 12.1 Å². The van der Waals surface area contributed by atoms with Gasteiger partial charge in [-0.25, -0.2) is 13.3 Å². The predicted molar refractivity (Wildman–Crippen MR) is 98.2 cm³/mol. The molecule has 0 aliphatic rings. The van der Waals surface area contributed by atoms with E-state index in [2.05, 4.69) is 15.4 Å². The molecule has 0 radical (unpaired) electrons. The molecule has 0 fully saturated rings. The highest BCUT2D eigenvalue weighted by atomic mass is 32.1. The van der Waals surface area contributed by atoms with E-state index in [1.54, 1.807) is 29.8 Å². The first-order valence-corrected chi connectivity index (χ1v) is 8.80. The average molecular weight is 385 g/mol. The van der Waals surface area contributed by atoms with Crippen LogP contribution in [0.1, 0.15) is 15.2 Å². The smallest absolute Gasteiger partial charge is 0.261 e. The standard InChI is InChI=1S/C18H13F2N5OS/c19-13-3-1-10(2-4-13)7-22-17(26)15-6-12(9-27-15)11-5-14(20)16-23-18(21)24-25(16)8-11/h1-6,8-9H,7H2,(H2,21,24)(H,22,26). The molecular weight excluding hydrogens is 372 g/mol. The molecule has 9 heteroatoms. The number of nitrogens with one attached hydrogen (secondary N) is 1. The topological polar surface area (TPSA) is 85.3 Å². The normalized spacial score (nSPS) is 11.0. The number of aromatic nitrogens is 3. The van der Waals surface area contributed by atoms with Crippen molar-refractivity contribution in [2.75, 3.05) is 5.73 Å². The molecular formula is C18H13F2N5OS. The van der Waals surface area contributed by atoms with Gasteiger partial charge in [0.1, 0.15) is 5.82 Å². The minimum absolute atomic E-state index is 0.0165. The maximum Gasteiger partial charge on any atom is 0.261 e. The number of carbonyl (C=O) groups excluding carboxylic acids is 1. The van der Waals surface area contributed by atoms with Gasteiger partial charge < -0.3 is 11.1 Å². The minimum Gasteiger partial charge on any atom is -0.366 e. The van der Waals surface area contributed by atoms with Gasteiger partial charge in [0.15, 0.2) is 11.5 Å². The van der Waals surface area contributed by atoms with Crippen molar-refractivity contribution >= 4 is 28.8 Å². The number of nitrogens with zero attached hydrogens (tertiary/aromatic N) is 3. The molecule has 0 saturated carbocycles. The fourth-order valence-electron chi connectivity index (χ4n) is 2.60. The second kappa shape index (κ2) is 6.76. The lowest BCUT2D eigenvalue weighted by Crippen LogP contribution is -2.21. The van der Waals surface area contributed by atoms with Gasteiger partial charge in [0.05, 0.1) is 4.88 Å². The summed E-state index contributed by atoms with van der Waals surface area (Å²) < 4.78 is 28.3. The Kier molecular flexibility index (Phi) is 4.28. The van der Waals surface area contributed by atoms with E-state index in [0.717, 1.165) is 5.56 Å². The van der Waals surface area contributed by atoms with Crippen molar-refractivity contribution in [3.8, 4) is 11.1 Å². The van der Waals surface area contributed by atoms with Crippen LogP contribution in [-0.4, -0.2) is 20.5 Å². The molecule has 27 heavy (non-hydrogen) atoms. The summed E-state index contributed by atoms with van der Waals surface area (Å²) in [6, 6.07) is 8.89. The fraction of sp³-hybridized carbons (Fsp3) is 0.0556. The number of benzene rings is 1. The molecule has 0 bridgehead atoms. The van der Waals surface area contributed by atoms with E-state index in [4.69, 9.17) is 5.73 Å². The first-order chi connectivity index (χ1) is 13.0. The molecule has 3 heterocycles. The maximum absolute atomic E-state index is 14.2. The van der Waals surface area contributed by atoms with E-state index in [-0.39, 0.29) is 29.9 Å². The fourth-order valence-corrected chi connectivity index (χ4v) is 3.43. The highest BCUT2D eigenvalue weighted by Crippen LogP contribution is 2.27. The first kappa shape index (κ1) is 17.1. The van der Waals surface area contributed by atoms with Crippen LogP contribution in [0.3, 0.4) is 0 Å². The molecule has 0 unspecified atom stereocenters. The summed E-state index contributed by atoms with van der Waals surface area (Å²) in [7, 11) is 0. The zero-order valence-corrected chi connectivity index (χ0v) is 14.6. The monoisotopic (exact) mass is 385 g/mol. The van der Waals surface area contributed by atoms with E-state index in [1.165, 1.54) is 34.1 Å². The quantitative estimate of drug-likeness (QED) is 0.565. The van der Waals surface area contributed by atoms with Crippen LogP contribution >= 0.6 is 11.3 Å². The number of fused-ring (bicyclic) bond motifs is 1. The lowest BCUT2D eigenvalue weighted by molar-refractivity contribution is 0.0955. The first-order valence-electron chi connectivity index (χ1n) is 7.92. The van der Waals surface area contributed by atoms with Gasteiger partial charge in [0.25, 0.3) is 5.91 Å². The van der Waals surface area contributed by atoms with Crippen LogP contribution in [0.5, 0.6) is 0 Å². The average Bonchev–Trinajstić information content (AvgIpc) is 3.27. The van der Waals surface area contributed by atoms with Gasteiger partial charge in [-0.05, 0) is 40.8 Å². The summed E-state index contributed by atoms with van der Waals surface area (Å²) in [6.45, 7) is 0.283. The Morgan fingerprint density at radius 2 is 1.96 bits per heavy atom. The number of carbonyl (C=O) groups is 1. The van der Waals surface area contributed by atoms with Crippen LogP contribution in [0.25, 0.3) is 16.8 Å². The van der Waals surface area contributed by atoms with Gasteiger partial charge >= 0.3 is 0 Å². The van der Waals surface area contributed by atoms with Gasteiger partial charge in [-0.2, -0.15) is 4.98 Å². The number of rotatable bonds is 4. The van der Waals surface area contributed by atoms with Crippen LogP contribution < -0.4 is 11.1 Å². The van der Waals surface area contributed by atoms with Crippen LogP contribution in [-0.2, 0) is 6.54 Å². The Balaban J connectivity index is 1.52. The SMILES string of the molecule is Nc1nc2c(F)cc(-c3csc(C(=O)NCc4ccc(F)cc4)c3)cn2n1. The highest BCUT2D eigenvalue weighted by Gasteiger charge is 2.13. The van der Waals surface area contributed by atoms with Gasteiger partial charge in [-0.15, -0.1) is 16.4 Å². The zero-order chi connectivity index (χ0) is 19.0. The van der Waals surface area contributed by atoms with E-state index in [1.807, 2.05) is 0 Å². The van der Waals surface area contributed by atoms with Crippen molar-refractivity contribution in [3.05, 3.63) is 70.1 Å². The third-order valence-electron chi connectivity index (χ3n) is 3.93. The molecule has 4 aromatic rings. The molecule has 0 aliphatic carbocycles.